The molecular weight excluding hydrogens is 333 g/mol. The largest absolute Gasteiger partial charge is 0.494 e. The standard InChI is InChI=1S/C13H9BrFNO4/c1-19-12-7-13(11(16(17)18)6-10(12)15)20-9-4-2-8(14)3-5-9/h2-7H,1H3. The van der Waals surface area contributed by atoms with Gasteiger partial charge >= 0.3 is 5.69 Å². The van der Waals surface area contributed by atoms with Crippen molar-refractivity contribution in [3.8, 4) is 17.2 Å². The van der Waals surface area contributed by atoms with E-state index in [1.54, 1.807) is 24.3 Å². The summed E-state index contributed by atoms with van der Waals surface area (Å²) in [4.78, 5) is 10.2. The van der Waals surface area contributed by atoms with Crippen molar-refractivity contribution in [2.45, 2.75) is 0 Å². The number of nitro benzene ring substituents is 1. The summed E-state index contributed by atoms with van der Waals surface area (Å²) in [6, 6.07) is 8.62. The Hall–Kier alpha value is -2.15. The number of methoxy groups -OCH3 is 1. The lowest BCUT2D eigenvalue weighted by Gasteiger charge is -2.09. The molecule has 7 heteroatoms. The van der Waals surface area contributed by atoms with Gasteiger partial charge in [-0.3, -0.25) is 10.1 Å². The number of halogens is 2. The van der Waals surface area contributed by atoms with E-state index >= 15 is 0 Å². The highest BCUT2D eigenvalue weighted by atomic mass is 79.9. The molecule has 0 unspecified atom stereocenters. The van der Waals surface area contributed by atoms with Crippen LogP contribution in [0.15, 0.2) is 40.9 Å². The summed E-state index contributed by atoms with van der Waals surface area (Å²) in [5.74, 6) is -0.634. The summed E-state index contributed by atoms with van der Waals surface area (Å²) < 4.78 is 24.5. The van der Waals surface area contributed by atoms with E-state index in [2.05, 4.69) is 15.9 Å². The topological polar surface area (TPSA) is 61.6 Å². The summed E-state index contributed by atoms with van der Waals surface area (Å²) in [5, 5.41) is 10.9. The number of ether oxygens (including phenoxy) is 2. The lowest BCUT2D eigenvalue weighted by atomic mass is 10.2. The van der Waals surface area contributed by atoms with Gasteiger partial charge in [0.25, 0.3) is 0 Å². The molecule has 0 aliphatic rings. The molecule has 0 aliphatic carbocycles. The highest BCUT2D eigenvalue weighted by molar-refractivity contribution is 9.10. The van der Waals surface area contributed by atoms with Gasteiger partial charge in [-0.25, -0.2) is 4.39 Å². The third-order valence-corrected chi connectivity index (χ3v) is 3.00. The Morgan fingerprint density at radius 3 is 2.40 bits per heavy atom. The number of benzene rings is 2. The maximum atomic E-state index is 13.5. The molecule has 20 heavy (non-hydrogen) atoms. The molecule has 0 saturated heterocycles. The van der Waals surface area contributed by atoms with Gasteiger partial charge in [-0.2, -0.15) is 0 Å². The van der Waals surface area contributed by atoms with Crippen LogP contribution in [0.5, 0.6) is 17.2 Å². The quantitative estimate of drug-likeness (QED) is 0.614. The lowest BCUT2D eigenvalue weighted by Crippen LogP contribution is -1.97. The van der Waals surface area contributed by atoms with Gasteiger partial charge in [0.05, 0.1) is 18.1 Å². The fourth-order valence-corrected chi connectivity index (χ4v) is 1.80. The zero-order valence-electron chi connectivity index (χ0n) is 10.3. The van der Waals surface area contributed by atoms with Crippen LogP contribution < -0.4 is 9.47 Å². The van der Waals surface area contributed by atoms with Crippen molar-refractivity contribution in [2.24, 2.45) is 0 Å². The Labute approximate surface area is 122 Å². The molecule has 0 N–H and O–H groups in total. The second-order valence-electron chi connectivity index (χ2n) is 3.77. The predicted octanol–water partition coefficient (Wildman–Crippen LogP) is 4.30. The molecule has 0 radical (unpaired) electrons. The van der Waals surface area contributed by atoms with Crippen molar-refractivity contribution in [1.29, 1.82) is 0 Å². The average molecular weight is 342 g/mol. The number of hydrogen-bond acceptors (Lipinski definition) is 4. The monoisotopic (exact) mass is 341 g/mol. The third kappa shape index (κ3) is 3.05. The van der Waals surface area contributed by atoms with Crippen LogP contribution >= 0.6 is 15.9 Å². The normalized spacial score (nSPS) is 10.2. The summed E-state index contributed by atoms with van der Waals surface area (Å²) in [7, 11) is 1.27. The SMILES string of the molecule is COc1cc(Oc2ccc(Br)cc2)c([N+](=O)[O-])cc1F. The molecule has 0 aliphatic heterocycles. The van der Waals surface area contributed by atoms with Crippen molar-refractivity contribution < 1.29 is 18.8 Å². The van der Waals surface area contributed by atoms with Gasteiger partial charge in [0, 0.05) is 10.5 Å². The van der Waals surface area contributed by atoms with Gasteiger partial charge in [0.15, 0.2) is 11.6 Å². The number of hydrogen-bond donors (Lipinski definition) is 0. The summed E-state index contributed by atoms with van der Waals surface area (Å²) in [5.41, 5.74) is -0.466. The second kappa shape index (κ2) is 5.87. The highest BCUT2D eigenvalue weighted by Crippen LogP contribution is 2.36. The van der Waals surface area contributed by atoms with Crippen molar-refractivity contribution in [1.82, 2.24) is 0 Å². The van der Waals surface area contributed by atoms with Gasteiger partial charge in [-0.05, 0) is 24.3 Å². The van der Waals surface area contributed by atoms with Crippen LogP contribution in [-0.2, 0) is 0 Å². The first-order chi connectivity index (χ1) is 9.51. The van der Waals surface area contributed by atoms with Crippen LogP contribution in [0.2, 0.25) is 0 Å². The van der Waals surface area contributed by atoms with Crippen molar-refractivity contribution in [2.75, 3.05) is 7.11 Å². The minimum Gasteiger partial charge on any atom is -0.494 e. The Balaban J connectivity index is 2.43. The molecule has 0 spiro atoms. The van der Waals surface area contributed by atoms with E-state index in [9.17, 15) is 14.5 Å². The molecule has 0 amide bonds. The first-order valence-corrected chi connectivity index (χ1v) is 6.26. The third-order valence-electron chi connectivity index (χ3n) is 2.47. The molecule has 0 saturated carbocycles. The molecule has 2 rings (SSSR count). The number of rotatable bonds is 4. The van der Waals surface area contributed by atoms with E-state index in [1.165, 1.54) is 7.11 Å². The Morgan fingerprint density at radius 2 is 1.85 bits per heavy atom. The maximum Gasteiger partial charge on any atom is 0.314 e. The maximum absolute atomic E-state index is 13.5. The summed E-state index contributed by atoms with van der Waals surface area (Å²) in [6.07, 6.45) is 0. The van der Waals surface area contributed by atoms with Gasteiger partial charge in [0.2, 0.25) is 5.75 Å². The Morgan fingerprint density at radius 1 is 1.20 bits per heavy atom. The van der Waals surface area contributed by atoms with Crippen LogP contribution in [0.4, 0.5) is 10.1 Å². The molecule has 104 valence electrons. The van der Waals surface area contributed by atoms with Crippen LogP contribution in [0.3, 0.4) is 0 Å². The molecule has 0 aromatic heterocycles. The molecule has 2 aromatic rings. The van der Waals surface area contributed by atoms with Crippen molar-refractivity contribution in [3.05, 3.63) is 56.8 Å². The zero-order valence-corrected chi connectivity index (χ0v) is 11.9. The first-order valence-electron chi connectivity index (χ1n) is 5.46. The van der Waals surface area contributed by atoms with Crippen molar-refractivity contribution in [3.63, 3.8) is 0 Å². The van der Waals surface area contributed by atoms with E-state index in [1.807, 2.05) is 0 Å². The molecule has 0 bridgehead atoms. The molecule has 0 heterocycles. The predicted molar refractivity (Wildman–Crippen MR) is 73.8 cm³/mol. The first kappa shape index (κ1) is 14.3. The van der Waals surface area contributed by atoms with Crippen molar-refractivity contribution >= 4 is 21.6 Å². The number of nitrogens with zero attached hydrogens (tertiary/aromatic N) is 1. The van der Waals surface area contributed by atoms with Crippen LogP contribution in [0.25, 0.3) is 0 Å². The van der Waals surface area contributed by atoms with Gasteiger partial charge in [0.1, 0.15) is 5.75 Å². The highest BCUT2D eigenvalue weighted by Gasteiger charge is 2.21. The second-order valence-corrected chi connectivity index (χ2v) is 4.68. The Kier molecular flexibility index (Phi) is 4.19. The average Bonchev–Trinajstić information content (AvgIpc) is 2.42. The minimum absolute atomic E-state index is 0.0874. The van der Waals surface area contributed by atoms with E-state index in [4.69, 9.17) is 9.47 Å². The van der Waals surface area contributed by atoms with Gasteiger partial charge in [-0.15, -0.1) is 0 Å². The smallest absolute Gasteiger partial charge is 0.314 e. The summed E-state index contributed by atoms with van der Waals surface area (Å²) in [6.45, 7) is 0. The molecular formula is C13H9BrFNO4. The number of nitro groups is 1. The van der Waals surface area contributed by atoms with E-state index < -0.39 is 16.4 Å². The molecule has 0 fully saturated rings. The minimum atomic E-state index is -0.817. The lowest BCUT2D eigenvalue weighted by molar-refractivity contribution is -0.385. The van der Waals surface area contributed by atoms with Gasteiger partial charge in [-0.1, -0.05) is 15.9 Å². The zero-order chi connectivity index (χ0) is 14.7. The van der Waals surface area contributed by atoms with Crippen LogP contribution in [-0.4, -0.2) is 12.0 Å². The molecule has 2 aromatic carbocycles. The molecule has 5 nitrogen and oxygen atoms in total. The van der Waals surface area contributed by atoms with E-state index in [0.29, 0.717) is 5.75 Å². The van der Waals surface area contributed by atoms with E-state index in [-0.39, 0.29) is 11.5 Å². The van der Waals surface area contributed by atoms with Crippen LogP contribution in [0.1, 0.15) is 0 Å². The van der Waals surface area contributed by atoms with E-state index in [0.717, 1.165) is 16.6 Å². The van der Waals surface area contributed by atoms with Crippen LogP contribution in [0, 0.1) is 15.9 Å². The fourth-order valence-electron chi connectivity index (χ4n) is 1.53. The molecule has 0 atom stereocenters. The van der Waals surface area contributed by atoms with Gasteiger partial charge < -0.3 is 9.47 Å². The Bertz CT molecular complexity index is 646. The fraction of sp³-hybridized carbons (Fsp3) is 0.0769. The summed E-state index contributed by atoms with van der Waals surface area (Å²) >= 11 is 3.27.